The number of unbranched alkanes of at least 4 members (excludes halogenated alkanes) is 3. The highest BCUT2D eigenvalue weighted by Gasteiger charge is 2.20. The molecule has 0 saturated carbocycles. The molecule has 0 spiro atoms. The minimum atomic E-state index is -0.724. The van der Waals surface area contributed by atoms with Gasteiger partial charge in [-0.05, 0) is 91.6 Å². The molecule has 0 atom stereocenters. The van der Waals surface area contributed by atoms with E-state index < -0.39 is 18.0 Å². The van der Waals surface area contributed by atoms with Gasteiger partial charge in [0.15, 0.2) is 0 Å². The van der Waals surface area contributed by atoms with Crippen LogP contribution < -0.4 is 5.32 Å². The Balaban J connectivity index is 1.64. The minimum Gasteiger partial charge on any atom is -0.460 e. The van der Waals surface area contributed by atoms with Crippen LogP contribution in [0.2, 0.25) is 0 Å². The van der Waals surface area contributed by atoms with Crippen LogP contribution in [-0.4, -0.2) is 37.1 Å². The molecule has 0 fully saturated rings. The van der Waals surface area contributed by atoms with Crippen LogP contribution in [0, 0.1) is 0 Å². The zero-order valence-corrected chi connectivity index (χ0v) is 25.3. The summed E-state index contributed by atoms with van der Waals surface area (Å²) in [7, 11) is 0. The molecule has 3 aromatic rings. The van der Waals surface area contributed by atoms with Gasteiger partial charge in [-0.3, -0.25) is 4.79 Å². The van der Waals surface area contributed by atoms with Crippen LogP contribution in [0.4, 0.5) is 0 Å². The number of hydrogen-bond donors (Lipinski definition) is 1. The fourth-order valence-electron chi connectivity index (χ4n) is 4.50. The third kappa shape index (κ3) is 10.8. The Morgan fingerprint density at radius 3 is 1.21 bits per heavy atom. The summed E-state index contributed by atoms with van der Waals surface area (Å²) in [6, 6.07) is 21.5. The first-order valence-electron chi connectivity index (χ1n) is 15.3. The number of carbonyl (C=O) groups is 3. The SMILES string of the molecule is CCCCc1ccc(C(=O)NC(COC(=O)c2ccc(CCCC)cc2)COC(=O)c2ccc(CCCC)cc2)cc1. The average Bonchev–Trinajstić information content (AvgIpc) is 3.03. The molecular weight excluding hydrogens is 526 g/mol. The van der Waals surface area contributed by atoms with Crippen molar-refractivity contribution in [1.29, 1.82) is 0 Å². The van der Waals surface area contributed by atoms with Crippen molar-refractivity contribution in [2.45, 2.75) is 84.6 Å². The van der Waals surface area contributed by atoms with Crippen molar-refractivity contribution in [3.05, 3.63) is 106 Å². The molecule has 6 nitrogen and oxygen atoms in total. The molecule has 0 aliphatic carbocycles. The number of carbonyl (C=O) groups excluding carboxylic acids is 3. The third-order valence-corrected chi connectivity index (χ3v) is 7.22. The van der Waals surface area contributed by atoms with Crippen molar-refractivity contribution in [1.82, 2.24) is 5.32 Å². The van der Waals surface area contributed by atoms with Crippen LogP contribution in [0.1, 0.15) is 107 Å². The Hall–Kier alpha value is -3.93. The lowest BCUT2D eigenvalue weighted by molar-refractivity contribution is 0.0308. The van der Waals surface area contributed by atoms with Crippen molar-refractivity contribution >= 4 is 17.8 Å². The lowest BCUT2D eigenvalue weighted by Crippen LogP contribution is -2.42. The number of esters is 2. The van der Waals surface area contributed by atoms with Gasteiger partial charge >= 0.3 is 11.9 Å². The molecule has 0 bridgehead atoms. The van der Waals surface area contributed by atoms with Gasteiger partial charge in [0, 0.05) is 5.56 Å². The summed E-state index contributed by atoms with van der Waals surface area (Å²) in [4.78, 5) is 38.6. The van der Waals surface area contributed by atoms with Crippen LogP contribution in [-0.2, 0) is 28.7 Å². The van der Waals surface area contributed by atoms with Crippen molar-refractivity contribution in [3.8, 4) is 0 Å². The van der Waals surface area contributed by atoms with Crippen molar-refractivity contribution in [2.75, 3.05) is 13.2 Å². The van der Waals surface area contributed by atoms with E-state index in [0.29, 0.717) is 16.7 Å². The number of rotatable bonds is 17. The van der Waals surface area contributed by atoms with Gasteiger partial charge in [-0.25, -0.2) is 9.59 Å². The highest BCUT2D eigenvalue weighted by molar-refractivity contribution is 5.94. The van der Waals surface area contributed by atoms with Gasteiger partial charge in [0.1, 0.15) is 13.2 Å². The number of nitrogens with one attached hydrogen (secondary N) is 1. The zero-order valence-electron chi connectivity index (χ0n) is 25.3. The largest absolute Gasteiger partial charge is 0.460 e. The predicted octanol–water partition coefficient (Wildman–Crippen LogP) is 7.53. The summed E-state index contributed by atoms with van der Waals surface area (Å²) in [6.45, 7) is 6.16. The Morgan fingerprint density at radius 1 is 0.548 bits per heavy atom. The highest BCUT2D eigenvalue weighted by atomic mass is 16.5. The summed E-state index contributed by atoms with van der Waals surface area (Å²) >= 11 is 0. The number of aryl methyl sites for hydroxylation is 3. The van der Waals surface area contributed by atoms with Gasteiger partial charge in [0.25, 0.3) is 5.91 Å². The quantitative estimate of drug-likeness (QED) is 0.169. The number of amides is 1. The summed E-state index contributed by atoms with van der Waals surface area (Å²) in [5.41, 5.74) is 4.87. The zero-order chi connectivity index (χ0) is 30.2. The molecule has 0 heterocycles. The second kappa shape index (κ2) is 17.8. The molecule has 0 aliphatic heterocycles. The molecule has 0 unspecified atom stereocenters. The molecule has 0 saturated heterocycles. The van der Waals surface area contributed by atoms with Crippen LogP contribution in [0.3, 0.4) is 0 Å². The molecule has 224 valence electrons. The van der Waals surface area contributed by atoms with Crippen LogP contribution >= 0.6 is 0 Å². The van der Waals surface area contributed by atoms with E-state index in [4.69, 9.17) is 9.47 Å². The van der Waals surface area contributed by atoms with Gasteiger partial charge in [-0.2, -0.15) is 0 Å². The van der Waals surface area contributed by atoms with E-state index in [1.165, 1.54) is 16.7 Å². The molecule has 3 rings (SSSR count). The van der Waals surface area contributed by atoms with E-state index in [1.54, 1.807) is 36.4 Å². The topological polar surface area (TPSA) is 81.7 Å². The van der Waals surface area contributed by atoms with Gasteiger partial charge in [-0.15, -0.1) is 0 Å². The maximum absolute atomic E-state index is 13.1. The molecule has 0 aliphatic rings. The summed E-state index contributed by atoms with van der Waals surface area (Å²) in [5, 5.41) is 2.88. The molecule has 1 amide bonds. The van der Waals surface area contributed by atoms with Gasteiger partial charge in [0.2, 0.25) is 0 Å². The molecule has 0 aromatic heterocycles. The highest BCUT2D eigenvalue weighted by Crippen LogP contribution is 2.12. The number of ether oxygens (including phenoxy) is 2. The second-order valence-electron chi connectivity index (χ2n) is 10.8. The van der Waals surface area contributed by atoms with Gasteiger partial charge < -0.3 is 14.8 Å². The summed E-state index contributed by atoms with van der Waals surface area (Å²) in [5.74, 6) is -1.31. The van der Waals surface area contributed by atoms with Gasteiger partial charge in [0.05, 0.1) is 17.2 Å². The van der Waals surface area contributed by atoms with Crippen LogP contribution in [0.25, 0.3) is 0 Å². The minimum absolute atomic E-state index is 0.139. The first-order valence-corrected chi connectivity index (χ1v) is 15.3. The van der Waals surface area contributed by atoms with Crippen molar-refractivity contribution < 1.29 is 23.9 Å². The van der Waals surface area contributed by atoms with Crippen molar-refractivity contribution in [3.63, 3.8) is 0 Å². The predicted molar refractivity (Wildman–Crippen MR) is 167 cm³/mol. The molecule has 6 heteroatoms. The number of hydrogen-bond acceptors (Lipinski definition) is 5. The van der Waals surface area contributed by atoms with Crippen molar-refractivity contribution in [2.24, 2.45) is 0 Å². The van der Waals surface area contributed by atoms with E-state index in [2.05, 4.69) is 26.1 Å². The normalized spacial score (nSPS) is 10.9. The Morgan fingerprint density at radius 2 is 0.881 bits per heavy atom. The Labute approximate surface area is 250 Å². The maximum atomic E-state index is 13.1. The standard InChI is InChI=1S/C36H45NO5/c1-4-7-10-27-13-19-30(20-14-27)34(38)37-33(25-41-35(39)31-21-15-28(16-22-31)11-8-5-2)26-42-36(40)32-23-17-29(18-24-32)12-9-6-3/h13-24,33H,4-12,25-26H2,1-3H3,(H,37,38). The van der Waals surface area contributed by atoms with E-state index in [9.17, 15) is 14.4 Å². The molecular formula is C36H45NO5. The lowest BCUT2D eigenvalue weighted by atomic mass is 10.1. The first kappa shape index (κ1) is 32.6. The van der Waals surface area contributed by atoms with Crippen LogP contribution in [0.15, 0.2) is 72.8 Å². The smallest absolute Gasteiger partial charge is 0.338 e. The van der Waals surface area contributed by atoms with Gasteiger partial charge in [-0.1, -0.05) is 76.4 Å². The average molecular weight is 572 g/mol. The molecule has 0 radical (unpaired) electrons. The number of benzene rings is 3. The molecule has 42 heavy (non-hydrogen) atoms. The third-order valence-electron chi connectivity index (χ3n) is 7.22. The molecule has 3 aromatic carbocycles. The summed E-state index contributed by atoms with van der Waals surface area (Å²) < 4.78 is 11.1. The Kier molecular flexibility index (Phi) is 13.8. The van der Waals surface area contributed by atoms with E-state index in [1.807, 2.05) is 36.4 Å². The molecule has 1 N–H and O–H groups in total. The fourth-order valence-corrected chi connectivity index (χ4v) is 4.50. The second-order valence-corrected chi connectivity index (χ2v) is 10.8. The lowest BCUT2D eigenvalue weighted by Gasteiger charge is -2.19. The van der Waals surface area contributed by atoms with E-state index >= 15 is 0 Å². The monoisotopic (exact) mass is 571 g/mol. The maximum Gasteiger partial charge on any atom is 0.338 e. The summed E-state index contributed by atoms with van der Waals surface area (Å²) in [6.07, 6.45) is 9.48. The van der Waals surface area contributed by atoms with E-state index in [0.717, 1.165) is 57.8 Å². The van der Waals surface area contributed by atoms with Crippen LogP contribution in [0.5, 0.6) is 0 Å². The first-order chi connectivity index (χ1) is 20.4. The fraction of sp³-hybridized carbons (Fsp3) is 0.417. The van der Waals surface area contributed by atoms with E-state index in [-0.39, 0.29) is 19.1 Å². The Bertz CT molecular complexity index is 1180.